The van der Waals surface area contributed by atoms with Crippen LogP contribution in [-0.2, 0) is 11.3 Å². The summed E-state index contributed by atoms with van der Waals surface area (Å²) < 4.78 is 0. The van der Waals surface area contributed by atoms with Crippen molar-refractivity contribution in [1.82, 2.24) is 10.6 Å². The first-order valence-electron chi connectivity index (χ1n) is 6.74. The van der Waals surface area contributed by atoms with E-state index in [0.717, 1.165) is 18.8 Å². The molecule has 106 valence electrons. The van der Waals surface area contributed by atoms with E-state index in [2.05, 4.69) is 48.7 Å². The molecule has 0 aliphatic rings. The van der Waals surface area contributed by atoms with Gasteiger partial charge >= 0.3 is 0 Å². The van der Waals surface area contributed by atoms with Gasteiger partial charge in [0.25, 0.3) is 0 Å². The highest BCUT2D eigenvalue weighted by Crippen LogP contribution is 2.13. The van der Waals surface area contributed by atoms with Gasteiger partial charge < -0.3 is 15.5 Å². The number of benzene rings is 1. The topological polar surface area (TPSA) is 44.4 Å². The summed E-state index contributed by atoms with van der Waals surface area (Å²) in [5, 5.41) is 6.04. The molecular weight excluding hydrogens is 238 g/mol. The van der Waals surface area contributed by atoms with Crippen molar-refractivity contribution in [3.8, 4) is 0 Å². The van der Waals surface area contributed by atoms with E-state index in [0.29, 0.717) is 12.5 Å². The summed E-state index contributed by atoms with van der Waals surface area (Å²) in [6.07, 6.45) is 0. The molecule has 0 bridgehead atoms. The molecule has 19 heavy (non-hydrogen) atoms. The van der Waals surface area contributed by atoms with Crippen molar-refractivity contribution >= 4 is 11.6 Å². The normalized spacial score (nSPS) is 10.6. The van der Waals surface area contributed by atoms with Crippen molar-refractivity contribution < 1.29 is 4.79 Å². The summed E-state index contributed by atoms with van der Waals surface area (Å²) in [6, 6.07) is 8.30. The maximum Gasteiger partial charge on any atom is 0.239 e. The summed E-state index contributed by atoms with van der Waals surface area (Å²) in [5.41, 5.74) is 2.31. The van der Waals surface area contributed by atoms with Gasteiger partial charge in [-0.3, -0.25) is 4.79 Å². The third kappa shape index (κ3) is 5.75. The zero-order chi connectivity index (χ0) is 14.3. The lowest BCUT2D eigenvalue weighted by molar-refractivity contribution is -0.119. The van der Waals surface area contributed by atoms with Gasteiger partial charge in [-0.2, -0.15) is 0 Å². The highest BCUT2D eigenvalue weighted by Gasteiger charge is 2.05. The fourth-order valence-corrected chi connectivity index (χ4v) is 1.76. The molecule has 0 unspecified atom stereocenters. The number of amides is 1. The minimum Gasteiger partial charge on any atom is -0.365 e. The molecule has 1 aromatic rings. The van der Waals surface area contributed by atoms with Crippen molar-refractivity contribution in [2.45, 2.75) is 20.4 Å². The van der Waals surface area contributed by atoms with E-state index in [9.17, 15) is 4.79 Å². The molecule has 0 heterocycles. The molecule has 0 radical (unpaired) electrons. The van der Waals surface area contributed by atoms with Gasteiger partial charge in [0.15, 0.2) is 0 Å². The largest absolute Gasteiger partial charge is 0.365 e. The molecule has 1 amide bonds. The zero-order valence-electron chi connectivity index (χ0n) is 12.4. The highest BCUT2D eigenvalue weighted by atomic mass is 16.1. The first-order valence-corrected chi connectivity index (χ1v) is 6.74. The summed E-state index contributed by atoms with van der Waals surface area (Å²) in [6.45, 7) is 6.69. The molecule has 1 rings (SSSR count). The van der Waals surface area contributed by atoms with Gasteiger partial charge in [-0.15, -0.1) is 0 Å². The summed E-state index contributed by atoms with van der Waals surface area (Å²) in [5.74, 6) is 0.683. The number of hydrogen-bond acceptors (Lipinski definition) is 3. The van der Waals surface area contributed by atoms with Crippen LogP contribution in [0.15, 0.2) is 24.3 Å². The first kappa shape index (κ1) is 15.5. The first-order chi connectivity index (χ1) is 9.02. The Kier molecular flexibility index (Phi) is 6.36. The van der Waals surface area contributed by atoms with Gasteiger partial charge in [0.2, 0.25) is 5.91 Å². The van der Waals surface area contributed by atoms with Crippen molar-refractivity contribution in [2.24, 2.45) is 5.92 Å². The van der Waals surface area contributed by atoms with Crippen LogP contribution in [0.2, 0.25) is 0 Å². The van der Waals surface area contributed by atoms with E-state index < -0.39 is 0 Å². The lowest BCUT2D eigenvalue weighted by Crippen LogP contribution is -2.32. The minimum absolute atomic E-state index is 0.0187. The molecule has 0 saturated heterocycles. The number of nitrogens with one attached hydrogen (secondary N) is 2. The average Bonchev–Trinajstić information content (AvgIpc) is 2.38. The Balaban J connectivity index is 2.48. The highest BCUT2D eigenvalue weighted by molar-refractivity contribution is 5.80. The van der Waals surface area contributed by atoms with E-state index in [1.807, 2.05) is 11.9 Å². The lowest BCUT2D eigenvalue weighted by Gasteiger charge is -2.18. The van der Waals surface area contributed by atoms with Crippen LogP contribution in [0.1, 0.15) is 19.4 Å². The van der Waals surface area contributed by atoms with Crippen molar-refractivity contribution in [1.29, 1.82) is 0 Å². The van der Waals surface area contributed by atoms with Crippen LogP contribution in [0.5, 0.6) is 0 Å². The molecule has 0 saturated carbocycles. The second-order valence-corrected chi connectivity index (χ2v) is 5.22. The molecule has 2 N–H and O–H groups in total. The van der Waals surface area contributed by atoms with Gasteiger partial charge in [0, 0.05) is 26.3 Å². The molecule has 4 heteroatoms. The fraction of sp³-hybridized carbons (Fsp3) is 0.533. The SMILES string of the molecule is CNC(=O)CN(C)c1ccc(CNCC(C)C)cc1. The van der Waals surface area contributed by atoms with E-state index in [4.69, 9.17) is 0 Å². The number of likely N-dealkylation sites (N-methyl/N-ethyl adjacent to an activating group) is 2. The second-order valence-electron chi connectivity index (χ2n) is 5.22. The maximum absolute atomic E-state index is 11.3. The summed E-state index contributed by atoms with van der Waals surface area (Å²) in [7, 11) is 3.57. The Morgan fingerprint density at radius 1 is 1.26 bits per heavy atom. The number of anilines is 1. The molecule has 0 aliphatic heterocycles. The van der Waals surface area contributed by atoms with Crippen molar-refractivity contribution in [3.05, 3.63) is 29.8 Å². The second kappa shape index (κ2) is 7.79. The maximum atomic E-state index is 11.3. The standard InChI is InChI=1S/C15H25N3O/c1-12(2)9-17-10-13-5-7-14(8-6-13)18(4)11-15(19)16-3/h5-8,12,17H,9-11H2,1-4H3,(H,16,19). The lowest BCUT2D eigenvalue weighted by atomic mass is 10.1. The van der Waals surface area contributed by atoms with Crippen LogP contribution < -0.4 is 15.5 Å². The quantitative estimate of drug-likeness (QED) is 0.785. The Morgan fingerprint density at radius 2 is 1.89 bits per heavy atom. The van der Waals surface area contributed by atoms with E-state index in [1.54, 1.807) is 7.05 Å². The number of nitrogens with zero attached hydrogens (tertiary/aromatic N) is 1. The number of carbonyl (C=O) groups excluding carboxylic acids is 1. The Hall–Kier alpha value is -1.55. The van der Waals surface area contributed by atoms with E-state index in [1.165, 1.54) is 5.56 Å². The van der Waals surface area contributed by atoms with Gasteiger partial charge in [-0.05, 0) is 30.2 Å². The summed E-state index contributed by atoms with van der Waals surface area (Å²) >= 11 is 0. The van der Waals surface area contributed by atoms with Gasteiger partial charge in [0.1, 0.15) is 0 Å². The third-order valence-electron chi connectivity index (χ3n) is 2.92. The Morgan fingerprint density at radius 3 is 2.42 bits per heavy atom. The molecule has 0 aromatic heterocycles. The van der Waals surface area contributed by atoms with Gasteiger partial charge in [-0.1, -0.05) is 26.0 Å². The van der Waals surface area contributed by atoms with Crippen LogP contribution in [0, 0.1) is 5.92 Å². The Labute approximate surface area is 116 Å². The third-order valence-corrected chi connectivity index (χ3v) is 2.92. The van der Waals surface area contributed by atoms with E-state index in [-0.39, 0.29) is 5.91 Å². The number of carbonyl (C=O) groups is 1. The smallest absolute Gasteiger partial charge is 0.239 e. The molecular formula is C15H25N3O. The monoisotopic (exact) mass is 263 g/mol. The predicted molar refractivity (Wildman–Crippen MR) is 80.3 cm³/mol. The van der Waals surface area contributed by atoms with Crippen molar-refractivity contribution in [2.75, 3.05) is 32.1 Å². The molecule has 0 atom stereocenters. The average molecular weight is 263 g/mol. The predicted octanol–water partition coefficient (Wildman–Crippen LogP) is 1.61. The van der Waals surface area contributed by atoms with Gasteiger partial charge in [-0.25, -0.2) is 0 Å². The van der Waals surface area contributed by atoms with Gasteiger partial charge in [0.05, 0.1) is 6.54 Å². The van der Waals surface area contributed by atoms with Crippen LogP contribution in [0.25, 0.3) is 0 Å². The van der Waals surface area contributed by atoms with Crippen LogP contribution in [0.4, 0.5) is 5.69 Å². The molecule has 1 aromatic carbocycles. The number of rotatable bonds is 7. The van der Waals surface area contributed by atoms with Crippen molar-refractivity contribution in [3.63, 3.8) is 0 Å². The molecule has 4 nitrogen and oxygen atoms in total. The molecule has 0 fully saturated rings. The zero-order valence-corrected chi connectivity index (χ0v) is 12.4. The van der Waals surface area contributed by atoms with E-state index >= 15 is 0 Å². The molecule has 0 aliphatic carbocycles. The summed E-state index contributed by atoms with van der Waals surface area (Å²) in [4.78, 5) is 13.2. The molecule has 0 spiro atoms. The Bertz CT molecular complexity index is 387. The van der Waals surface area contributed by atoms with Crippen LogP contribution in [0.3, 0.4) is 0 Å². The van der Waals surface area contributed by atoms with Crippen LogP contribution >= 0.6 is 0 Å². The minimum atomic E-state index is 0.0187. The van der Waals surface area contributed by atoms with Crippen LogP contribution in [-0.4, -0.2) is 33.1 Å². The number of hydrogen-bond donors (Lipinski definition) is 2. The fourth-order valence-electron chi connectivity index (χ4n) is 1.76.